The molecule has 1 aromatic rings. The van der Waals surface area contributed by atoms with E-state index < -0.39 is 0 Å². The molecule has 0 N–H and O–H groups in total. The van der Waals surface area contributed by atoms with Crippen molar-refractivity contribution in [3.8, 4) is 0 Å². The molecule has 0 spiro atoms. The number of ether oxygens (including phenoxy) is 1. The second kappa shape index (κ2) is 3.46. The van der Waals surface area contributed by atoms with E-state index in [0.717, 1.165) is 4.47 Å². The first-order valence-corrected chi connectivity index (χ1v) is 4.69. The summed E-state index contributed by atoms with van der Waals surface area (Å²) < 4.78 is 19.2. The first-order chi connectivity index (χ1) is 6.27. The maximum Gasteiger partial charge on any atom is 0.219 e. The van der Waals surface area contributed by atoms with E-state index in [1.165, 1.54) is 6.07 Å². The maximum atomic E-state index is 13.2. The SMILES string of the molecule is Fc1ccc(Br)cc1C1=NCCO1. The van der Waals surface area contributed by atoms with E-state index in [0.29, 0.717) is 24.6 Å². The Balaban J connectivity index is 2.43. The molecule has 0 amide bonds. The Kier molecular flexibility index (Phi) is 2.31. The molecule has 0 saturated carbocycles. The van der Waals surface area contributed by atoms with Crippen LogP contribution >= 0.6 is 15.9 Å². The van der Waals surface area contributed by atoms with Crippen molar-refractivity contribution in [2.45, 2.75) is 0 Å². The molecule has 0 bridgehead atoms. The van der Waals surface area contributed by atoms with Gasteiger partial charge in [-0.2, -0.15) is 0 Å². The molecule has 1 aliphatic rings. The van der Waals surface area contributed by atoms with E-state index in [4.69, 9.17) is 4.74 Å². The van der Waals surface area contributed by atoms with Gasteiger partial charge in [-0.25, -0.2) is 9.38 Å². The molecule has 0 unspecified atom stereocenters. The summed E-state index contributed by atoms with van der Waals surface area (Å²) in [4.78, 5) is 4.04. The first kappa shape index (κ1) is 8.69. The number of halogens is 2. The molecule has 0 aromatic heterocycles. The lowest BCUT2D eigenvalue weighted by molar-refractivity contribution is 0.347. The molecule has 13 heavy (non-hydrogen) atoms. The topological polar surface area (TPSA) is 21.6 Å². The average Bonchev–Trinajstić information content (AvgIpc) is 2.61. The molecule has 2 rings (SSSR count). The second-order valence-electron chi connectivity index (χ2n) is 2.66. The summed E-state index contributed by atoms with van der Waals surface area (Å²) in [6.07, 6.45) is 0. The van der Waals surface area contributed by atoms with Gasteiger partial charge in [-0.15, -0.1) is 0 Å². The summed E-state index contributed by atoms with van der Waals surface area (Å²) in [6, 6.07) is 4.71. The quantitative estimate of drug-likeness (QED) is 0.743. The highest BCUT2D eigenvalue weighted by Gasteiger charge is 2.14. The van der Waals surface area contributed by atoms with Gasteiger partial charge in [-0.1, -0.05) is 15.9 Å². The van der Waals surface area contributed by atoms with Crippen molar-refractivity contribution >= 4 is 21.8 Å². The van der Waals surface area contributed by atoms with Crippen LogP contribution in [0.1, 0.15) is 5.56 Å². The summed E-state index contributed by atoms with van der Waals surface area (Å²) in [5, 5.41) is 0. The number of hydrogen-bond acceptors (Lipinski definition) is 2. The molecular formula is C9H7BrFNO. The Morgan fingerprint density at radius 1 is 1.46 bits per heavy atom. The average molecular weight is 244 g/mol. The van der Waals surface area contributed by atoms with Gasteiger partial charge in [0.15, 0.2) is 0 Å². The smallest absolute Gasteiger partial charge is 0.219 e. The van der Waals surface area contributed by atoms with Gasteiger partial charge >= 0.3 is 0 Å². The highest BCUT2D eigenvalue weighted by molar-refractivity contribution is 9.10. The minimum absolute atomic E-state index is 0.302. The number of hydrogen-bond donors (Lipinski definition) is 0. The van der Waals surface area contributed by atoms with Crippen LogP contribution in [0, 0.1) is 5.82 Å². The molecule has 0 saturated heterocycles. The van der Waals surface area contributed by atoms with Crippen LogP contribution < -0.4 is 0 Å². The molecule has 4 heteroatoms. The molecule has 0 radical (unpaired) electrons. The van der Waals surface area contributed by atoms with E-state index in [9.17, 15) is 4.39 Å². The van der Waals surface area contributed by atoms with Gasteiger partial charge < -0.3 is 4.74 Å². The van der Waals surface area contributed by atoms with Gasteiger partial charge in [-0.05, 0) is 18.2 Å². The van der Waals surface area contributed by atoms with Crippen LogP contribution in [-0.2, 0) is 4.74 Å². The molecule has 1 aromatic carbocycles. The van der Waals surface area contributed by atoms with E-state index in [1.807, 2.05) is 0 Å². The highest BCUT2D eigenvalue weighted by atomic mass is 79.9. The van der Waals surface area contributed by atoms with Crippen LogP contribution in [0.25, 0.3) is 0 Å². The van der Waals surface area contributed by atoms with Gasteiger partial charge in [0.2, 0.25) is 5.90 Å². The third-order valence-electron chi connectivity index (χ3n) is 1.74. The molecule has 68 valence electrons. The molecule has 0 fully saturated rings. The maximum absolute atomic E-state index is 13.2. The minimum atomic E-state index is -0.302. The van der Waals surface area contributed by atoms with Gasteiger partial charge in [0, 0.05) is 4.47 Å². The zero-order valence-electron chi connectivity index (χ0n) is 6.76. The molecular weight excluding hydrogens is 237 g/mol. The van der Waals surface area contributed by atoms with Gasteiger partial charge in [0.05, 0.1) is 12.1 Å². The van der Waals surface area contributed by atoms with Crippen molar-refractivity contribution in [3.63, 3.8) is 0 Å². The fourth-order valence-corrected chi connectivity index (χ4v) is 1.52. The standard InChI is InChI=1S/C9H7BrFNO/c10-6-1-2-8(11)7(5-6)9-12-3-4-13-9/h1-2,5H,3-4H2. The fourth-order valence-electron chi connectivity index (χ4n) is 1.16. The van der Waals surface area contributed by atoms with E-state index >= 15 is 0 Å². The van der Waals surface area contributed by atoms with Crippen LogP contribution in [-0.4, -0.2) is 19.0 Å². The molecule has 0 aliphatic carbocycles. The molecule has 1 heterocycles. The first-order valence-electron chi connectivity index (χ1n) is 3.90. The molecule has 2 nitrogen and oxygen atoms in total. The predicted octanol–water partition coefficient (Wildman–Crippen LogP) is 2.37. The third-order valence-corrected chi connectivity index (χ3v) is 2.24. The summed E-state index contributed by atoms with van der Waals surface area (Å²) >= 11 is 3.27. The fraction of sp³-hybridized carbons (Fsp3) is 0.222. The molecule has 1 aliphatic heterocycles. The van der Waals surface area contributed by atoms with Crippen molar-refractivity contribution in [2.24, 2.45) is 4.99 Å². The zero-order valence-corrected chi connectivity index (χ0v) is 8.34. The Labute approximate surface area is 83.6 Å². The van der Waals surface area contributed by atoms with E-state index in [2.05, 4.69) is 20.9 Å². The van der Waals surface area contributed by atoms with Crippen molar-refractivity contribution in [1.82, 2.24) is 0 Å². The highest BCUT2D eigenvalue weighted by Crippen LogP contribution is 2.18. The van der Waals surface area contributed by atoms with E-state index in [1.54, 1.807) is 12.1 Å². The normalized spacial score (nSPS) is 15.4. The number of benzene rings is 1. The van der Waals surface area contributed by atoms with Crippen molar-refractivity contribution in [3.05, 3.63) is 34.1 Å². The lowest BCUT2D eigenvalue weighted by Gasteiger charge is -2.03. The van der Waals surface area contributed by atoms with Crippen molar-refractivity contribution in [2.75, 3.05) is 13.2 Å². The van der Waals surface area contributed by atoms with Crippen molar-refractivity contribution < 1.29 is 9.13 Å². The summed E-state index contributed by atoms with van der Waals surface area (Å²) in [5.74, 6) is 0.0997. The Hall–Kier alpha value is -0.900. The van der Waals surface area contributed by atoms with Crippen LogP contribution in [0.4, 0.5) is 4.39 Å². The van der Waals surface area contributed by atoms with Gasteiger partial charge in [0.1, 0.15) is 12.4 Å². The van der Waals surface area contributed by atoms with Crippen LogP contribution in [0.5, 0.6) is 0 Å². The Morgan fingerprint density at radius 3 is 3.00 bits per heavy atom. The van der Waals surface area contributed by atoms with Gasteiger partial charge in [-0.3, -0.25) is 0 Å². The summed E-state index contributed by atoms with van der Waals surface area (Å²) in [7, 11) is 0. The molecule has 0 atom stereocenters. The summed E-state index contributed by atoms with van der Waals surface area (Å²) in [6.45, 7) is 1.16. The Bertz CT molecular complexity index is 365. The van der Waals surface area contributed by atoms with Gasteiger partial charge in [0.25, 0.3) is 0 Å². The van der Waals surface area contributed by atoms with Crippen LogP contribution in [0.3, 0.4) is 0 Å². The largest absolute Gasteiger partial charge is 0.475 e. The number of rotatable bonds is 1. The summed E-state index contributed by atoms with van der Waals surface area (Å²) in [5.41, 5.74) is 0.423. The van der Waals surface area contributed by atoms with E-state index in [-0.39, 0.29) is 5.82 Å². The number of nitrogens with zero attached hydrogens (tertiary/aromatic N) is 1. The van der Waals surface area contributed by atoms with Crippen LogP contribution in [0.2, 0.25) is 0 Å². The zero-order chi connectivity index (χ0) is 9.26. The second-order valence-corrected chi connectivity index (χ2v) is 3.58. The minimum Gasteiger partial charge on any atom is -0.475 e. The Morgan fingerprint density at radius 2 is 2.31 bits per heavy atom. The number of aliphatic imine (C=N–C) groups is 1. The van der Waals surface area contributed by atoms with Crippen LogP contribution in [0.15, 0.2) is 27.7 Å². The monoisotopic (exact) mass is 243 g/mol. The lowest BCUT2D eigenvalue weighted by Crippen LogP contribution is -2.03. The lowest BCUT2D eigenvalue weighted by atomic mass is 10.2. The predicted molar refractivity (Wildman–Crippen MR) is 51.5 cm³/mol. The third kappa shape index (κ3) is 1.72. The van der Waals surface area contributed by atoms with Crippen molar-refractivity contribution in [1.29, 1.82) is 0 Å².